The molecule has 36 heavy (non-hydrogen) atoms. The first-order valence-corrected chi connectivity index (χ1v) is 12.7. The molecule has 3 N–H and O–H groups in total. The third-order valence-corrected chi connectivity index (χ3v) is 7.26. The molecule has 1 aromatic heterocycles. The van der Waals surface area contributed by atoms with Gasteiger partial charge in [-0.25, -0.2) is 0 Å². The molecular weight excluding hydrogens is 448 g/mol. The molecule has 0 radical (unpaired) electrons. The number of benzene rings is 3. The van der Waals surface area contributed by atoms with Crippen LogP contribution in [-0.2, 0) is 11.2 Å². The van der Waals surface area contributed by atoms with Crippen LogP contribution >= 0.6 is 0 Å². The summed E-state index contributed by atoms with van der Waals surface area (Å²) in [6, 6.07) is 25.2. The van der Waals surface area contributed by atoms with Crippen molar-refractivity contribution in [3.8, 4) is 0 Å². The van der Waals surface area contributed by atoms with E-state index < -0.39 is 12.5 Å². The van der Waals surface area contributed by atoms with E-state index in [1.165, 1.54) is 16.7 Å². The summed E-state index contributed by atoms with van der Waals surface area (Å²) in [7, 11) is 0. The average molecular weight is 483 g/mol. The summed E-state index contributed by atoms with van der Waals surface area (Å²) in [5.41, 5.74) is 7.24. The molecule has 6 heteroatoms. The highest BCUT2D eigenvalue weighted by molar-refractivity contribution is 5.78. The van der Waals surface area contributed by atoms with E-state index in [0.717, 1.165) is 29.4 Å². The van der Waals surface area contributed by atoms with Crippen LogP contribution in [0.1, 0.15) is 47.2 Å². The molecule has 0 spiro atoms. The first-order valence-electron chi connectivity index (χ1n) is 12.7. The van der Waals surface area contributed by atoms with E-state index in [1.54, 1.807) is 0 Å². The van der Waals surface area contributed by atoms with Gasteiger partial charge in [0.1, 0.15) is 6.61 Å². The predicted octanol–water partition coefficient (Wildman–Crippen LogP) is 4.43. The largest absolute Gasteiger partial charge is 0.387 e. The van der Waals surface area contributed by atoms with Crippen LogP contribution in [0.25, 0.3) is 11.0 Å². The molecule has 3 aromatic carbocycles. The Balaban J connectivity index is 1.64. The molecule has 186 valence electrons. The zero-order valence-corrected chi connectivity index (χ0v) is 20.9. The molecule has 5 rings (SSSR count). The number of hydrogen-bond acceptors (Lipinski definition) is 3. The molecule has 1 fully saturated rings. The average Bonchev–Trinajstić information content (AvgIpc) is 3.68. The third kappa shape index (κ3) is 4.86. The molecule has 1 aliphatic carbocycles. The van der Waals surface area contributed by atoms with Gasteiger partial charge in [0.05, 0.1) is 23.1 Å². The first kappa shape index (κ1) is 24.1. The fourth-order valence-corrected chi connectivity index (χ4v) is 5.21. The Bertz CT molecular complexity index is 1410. The maximum absolute atomic E-state index is 12.0. The Morgan fingerprint density at radius 1 is 0.944 bits per heavy atom. The smallest absolute Gasteiger partial charge is 0.245 e. The molecule has 0 aliphatic heterocycles. The van der Waals surface area contributed by atoms with Crippen LogP contribution in [0.4, 0.5) is 0 Å². The highest BCUT2D eigenvalue weighted by Gasteiger charge is 2.36. The number of rotatable bonds is 9. The molecular formula is C30H34N4O2. The van der Waals surface area contributed by atoms with E-state index in [0.29, 0.717) is 24.5 Å². The lowest BCUT2D eigenvalue weighted by molar-refractivity contribution is -0.123. The van der Waals surface area contributed by atoms with Gasteiger partial charge >= 0.3 is 0 Å². The van der Waals surface area contributed by atoms with E-state index in [4.69, 9.17) is 0 Å². The molecule has 1 unspecified atom stereocenters. The lowest BCUT2D eigenvalue weighted by atomic mass is 10.0. The Hall–Kier alpha value is -3.64. The summed E-state index contributed by atoms with van der Waals surface area (Å²) >= 11 is 0. The van der Waals surface area contributed by atoms with Gasteiger partial charge in [0.15, 0.2) is 0 Å². The van der Waals surface area contributed by atoms with Crippen molar-refractivity contribution in [2.45, 2.75) is 45.2 Å². The lowest BCUT2D eigenvalue weighted by Gasteiger charge is -2.22. The lowest BCUT2D eigenvalue weighted by Crippen LogP contribution is -2.38. The summed E-state index contributed by atoms with van der Waals surface area (Å²) < 4.78 is 4.25. The molecule has 1 saturated carbocycles. The second-order valence-electron chi connectivity index (χ2n) is 10.1. The number of aryl methyl sites for hydroxylation is 2. The summed E-state index contributed by atoms with van der Waals surface area (Å²) in [5.74, 6) is 0.0981. The van der Waals surface area contributed by atoms with Crippen LogP contribution in [0.15, 0.2) is 72.8 Å². The van der Waals surface area contributed by atoms with E-state index in [-0.39, 0.29) is 12.1 Å². The van der Waals surface area contributed by atoms with Crippen LogP contribution < -0.4 is 10.9 Å². The van der Waals surface area contributed by atoms with Crippen LogP contribution in [0.5, 0.6) is 0 Å². The Morgan fingerprint density at radius 3 is 2.11 bits per heavy atom. The van der Waals surface area contributed by atoms with Crippen molar-refractivity contribution in [2.24, 2.45) is 5.92 Å². The van der Waals surface area contributed by atoms with Crippen molar-refractivity contribution in [1.29, 1.82) is 5.41 Å². The molecule has 1 heterocycles. The number of fused-ring (bicyclic) bond motifs is 1. The highest BCUT2D eigenvalue weighted by atomic mass is 16.3. The number of carbonyl (C=O) groups excluding carboxylic acids is 1. The second kappa shape index (κ2) is 10.2. The zero-order valence-electron chi connectivity index (χ0n) is 20.9. The van der Waals surface area contributed by atoms with E-state index in [2.05, 4.69) is 89.0 Å². The summed E-state index contributed by atoms with van der Waals surface area (Å²) in [6.07, 6.45) is 2.98. The molecule has 4 aromatic rings. The minimum Gasteiger partial charge on any atom is -0.387 e. The minimum absolute atomic E-state index is 0.0938. The van der Waals surface area contributed by atoms with E-state index >= 15 is 0 Å². The number of para-hydroxylation sites is 2. The number of imidazole rings is 1. The van der Waals surface area contributed by atoms with Gasteiger partial charge in [-0.3, -0.25) is 10.2 Å². The predicted molar refractivity (Wildman–Crippen MR) is 142 cm³/mol. The molecule has 6 nitrogen and oxygen atoms in total. The normalized spacial score (nSPS) is 15.1. The van der Waals surface area contributed by atoms with Crippen LogP contribution in [0.2, 0.25) is 0 Å². The Kier molecular flexibility index (Phi) is 6.79. The van der Waals surface area contributed by atoms with Gasteiger partial charge in [0.25, 0.3) is 0 Å². The van der Waals surface area contributed by atoms with Gasteiger partial charge in [0.2, 0.25) is 11.5 Å². The van der Waals surface area contributed by atoms with Gasteiger partial charge in [0, 0.05) is 6.54 Å². The van der Waals surface area contributed by atoms with Crippen molar-refractivity contribution in [1.82, 2.24) is 14.5 Å². The number of amides is 1. The SMILES string of the molecule is Cc1ccc(C[C@@H](CNC(=O)CO)n2c(=N)n(C(c3ccc(C)cc3)C3CC3)c3ccccc32)cc1. The fourth-order valence-electron chi connectivity index (χ4n) is 5.21. The summed E-state index contributed by atoms with van der Waals surface area (Å²) in [4.78, 5) is 12.0. The fraction of sp³-hybridized carbons (Fsp3) is 0.333. The van der Waals surface area contributed by atoms with E-state index in [1.807, 2.05) is 12.1 Å². The van der Waals surface area contributed by atoms with E-state index in [9.17, 15) is 15.3 Å². The van der Waals surface area contributed by atoms with Crippen LogP contribution in [-0.4, -0.2) is 33.3 Å². The number of nitrogens with one attached hydrogen (secondary N) is 2. The topological polar surface area (TPSA) is 83.0 Å². The van der Waals surface area contributed by atoms with Crippen LogP contribution in [0.3, 0.4) is 0 Å². The summed E-state index contributed by atoms with van der Waals surface area (Å²) in [6.45, 7) is 3.95. The van der Waals surface area contributed by atoms with Crippen molar-refractivity contribution >= 4 is 16.9 Å². The van der Waals surface area contributed by atoms with Crippen molar-refractivity contribution in [2.75, 3.05) is 13.2 Å². The molecule has 0 bridgehead atoms. The minimum atomic E-state index is -0.547. The molecule has 1 aliphatic rings. The summed E-state index contributed by atoms with van der Waals surface area (Å²) in [5, 5.41) is 21.6. The molecule has 1 amide bonds. The number of hydrogen-bond donors (Lipinski definition) is 3. The van der Waals surface area contributed by atoms with Crippen molar-refractivity contribution in [3.05, 3.63) is 101 Å². The van der Waals surface area contributed by atoms with Gasteiger partial charge in [-0.2, -0.15) is 0 Å². The van der Waals surface area contributed by atoms with Crippen LogP contribution in [0, 0.1) is 25.2 Å². The quantitative estimate of drug-likeness (QED) is 0.330. The second-order valence-corrected chi connectivity index (χ2v) is 10.1. The van der Waals surface area contributed by atoms with Gasteiger partial charge in [-0.05, 0) is 62.3 Å². The maximum Gasteiger partial charge on any atom is 0.245 e. The number of aliphatic hydroxyl groups is 1. The van der Waals surface area contributed by atoms with Gasteiger partial charge in [-0.15, -0.1) is 0 Å². The highest BCUT2D eigenvalue weighted by Crippen LogP contribution is 2.44. The molecule has 0 saturated heterocycles. The van der Waals surface area contributed by atoms with Gasteiger partial charge < -0.3 is 19.6 Å². The van der Waals surface area contributed by atoms with Crippen molar-refractivity contribution < 1.29 is 9.90 Å². The maximum atomic E-state index is 12.0. The zero-order chi connectivity index (χ0) is 25.2. The monoisotopic (exact) mass is 482 g/mol. The number of nitrogens with zero attached hydrogens (tertiary/aromatic N) is 2. The Morgan fingerprint density at radius 2 is 1.53 bits per heavy atom. The number of aliphatic hydroxyl groups excluding tert-OH is 1. The first-order chi connectivity index (χ1) is 17.5. The number of aromatic nitrogens is 2. The van der Waals surface area contributed by atoms with Gasteiger partial charge in [-0.1, -0.05) is 71.8 Å². The van der Waals surface area contributed by atoms with Crippen molar-refractivity contribution in [3.63, 3.8) is 0 Å². The standard InChI is InChI=1S/C30H34N4O2/c1-20-7-11-22(12-8-20)17-25(18-32-28(36)19-35)33-26-5-3-4-6-27(26)34(30(33)31)29(24-15-16-24)23-13-9-21(2)10-14-23/h3-14,24-25,29,31,35H,15-19H2,1-2H3,(H,32,36)/t25-,29?/m0/s1. The third-order valence-electron chi connectivity index (χ3n) is 7.26. The number of carbonyl (C=O) groups is 1. The molecule has 2 atom stereocenters. The Labute approximate surface area is 211 Å².